The number of aliphatic hydroxyl groups is 1. The Labute approximate surface area is 55.8 Å². The fraction of sp³-hybridized carbons (Fsp3) is 1.00. The van der Waals surface area contributed by atoms with Gasteiger partial charge in [-0.3, -0.25) is 0 Å². The van der Waals surface area contributed by atoms with Crippen molar-refractivity contribution in [2.75, 3.05) is 33.4 Å². The van der Waals surface area contributed by atoms with Gasteiger partial charge in [-0.15, -0.1) is 0 Å². The second-order valence-electron chi connectivity index (χ2n) is 1.29. The van der Waals surface area contributed by atoms with E-state index in [9.17, 15) is 0 Å². The minimum absolute atomic E-state index is 0.0972. The molecule has 0 saturated carbocycles. The number of nitrogens with two attached hydrogens (primary N) is 2. The maximum atomic E-state index is 7.75. The Morgan fingerprint density at radius 2 is 1.78 bits per heavy atom. The first-order valence-electron chi connectivity index (χ1n) is 2.83. The van der Waals surface area contributed by atoms with Crippen LogP contribution in [-0.4, -0.2) is 38.5 Å². The molecule has 0 amide bonds. The van der Waals surface area contributed by atoms with Gasteiger partial charge < -0.3 is 21.3 Å². The summed E-state index contributed by atoms with van der Waals surface area (Å²) in [6.07, 6.45) is 0. The lowest BCUT2D eigenvalue weighted by molar-refractivity contribution is 0.207. The number of methoxy groups -OCH3 is 1. The zero-order valence-corrected chi connectivity index (χ0v) is 5.84. The van der Waals surface area contributed by atoms with E-state index in [1.807, 2.05) is 0 Å². The van der Waals surface area contributed by atoms with E-state index in [0.717, 1.165) is 0 Å². The summed E-state index contributed by atoms with van der Waals surface area (Å²) in [5, 5.41) is 7.75. The average molecular weight is 136 g/mol. The fourth-order valence-corrected chi connectivity index (χ4v) is 0.118. The van der Waals surface area contributed by atoms with Crippen molar-refractivity contribution in [1.29, 1.82) is 0 Å². The van der Waals surface area contributed by atoms with Crippen molar-refractivity contribution in [2.45, 2.75) is 0 Å². The minimum atomic E-state index is 0.0972. The lowest BCUT2D eigenvalue weighted by atomic mass is 10.7. The first kappa shape index (κ1) is 11.6. The van der Waals surface area contributed by atoms with Crippen molar-refractivity contribution in [3.63, 3.8) is 0 Å². The average Bonchev–Trinajstić information content (AvgIpc) is 1.91. The molecule has 0 saturated heterocycles. The Morgan fingerprint density at radius 1 is 1.33 bits per heavy atom. The van der Waals surface area contributed by atoms with Gasteiger partial charge in [-0.1, -0.05) is 0 Å². The molecule has 0 aromatic rings. The predicted octanol–water partition coefficient (Wildman–Crippen LogP) is -1.47. The zero-order valence-electron chi connectivity index (χ0n) is 5.84. The second kappa shape index (κ2) is 15.7. The molecule has 0 aliphatic carbocycles. The normalized spacial score (nSPS) is 8.00. The lowest BCUT2D eigenvalue weighted by Gasteiger charge is -1.85. The van der Waals surface area contributed by atoms with Gasteiger partial charge in [0.25, 0.3) is 0 Å². The highest BCUT2D eigenvalue weighted by molar-refractivity contribution is 4.22. The highest BCUT2D eigenvalue weighted by atomic mass is 16.5. The van der Waals surface area contributed by atoms with E-state index >= 15 is 0 Å². The van der Waals surface area contributed by atoms with Crippen LogP contribution in [0.5, 0.6) is 0 Å². The van der Waals surface area contributed by atoms with Gasteiger partial charge in [0.1, 0.15) is 0 Å². The number of hydrogen-bond donors (Lipinski definition) is 3. The van der Waals surface area contributed by atoms with Crippen molar-refractivity contribution in [1.82, 2.24) is 0 Å². The molecule has 0 unspecified atom stereocenters. The van der Waals surface area contributed by atoms with Gasteiger partial charge in [-0.2, -0.15) is 0 Å². The number of hydrogen-bond acceptors (Lipinski definition) is 4. The fourth-order valence-electron chi connectivity index (χ4n) is 0.118. The van der Waals surface area contributed by atoms with Crippen molar-refractivity contribution in [2.24, 2.45) is 11.5 Å². The van der Waals surface area contributed by atoms with Crippen molar-refractivity contribution < 1.29 is 9.84 Å². The van der Waals surface area contributed by atoms with E-state index in [-0.39, 0.29) is 6.61 Å². The van der Waals surface area contributed by atoms with Crippen molar-refractivity contribution in [3.05, 3.63) is 0 Å². The van der Waals surface area contributed by atoms with Crippen LogP contribution in [0.3, 0.4) is 0 Å². The third kappa shape index (κ3) is 33.2. The van der Waals surface area contributed by atoms with Crippen molar-refractivity contribution in [3.8, 4) is 0 Å². The van der Waals surface area contributed by atoms with Gasteiger partial charge in [0, 0.05) is 20.2 Å². The largest absolute Gasteiger partial charge is 0.395 e. The number of rotatable bonds is 3. The third-order valence-electron chi connectivity index (χ3n) is 0.451. The molecule has 0 aromatic heterocycles. The molecule has 0 fully saturated rings. The number of ether oxygens (including phenoxy) is 1. The molecule has 58 valence electrons. The summed E-state index contributed by atoms with van der Waals surface area (Å²) in [7, 11) is 1.63. The second-order valence-corrected chi connectivity index (χ2v) is 1.29. The molecular formula is C5H16N2O2. The Hall–Kier alpha value is -0.160. The van der Waals surface area contributed by atoms with E-state index in [1.54, 1.807) is 7.11 Å². The molecule has 0 radical (unpaired) electrons. The smallest absolute Gasteiger partial charge is 0.0584 e. The SMILES string of the molecule is COCCN.NCCO. The van der Waals surface area contributed by atoms with Gasteiger partial charge in [-0.05, 0) is 0 Å². The summed E-state index contributed by atoms with van der Waals surface area (Å²) in [5.74, 6) is 0. The van der Waals surface area contributed by atoms with Gasteiger partial charge in [0.05, 0.1) is 13.2 Å². The predicted molar refractivity (Wildman–Crippen MR) is 37.1 cm³/mol. The molecule has 9 heavy (non-hydrogen) atoms. The monoisotopic (exact) mass is 136 g/mol. The van der Waals surface area contributed by atoms with E-state index in [4.69, 9.17) is 16.6 Å². The summed E-state index contributed by atoms with van der Waals surface area (Å²) in [5.41, 5.74) is 9.79. The van der Waals surface area contributed by atoms with E-state index < -0.39 is 0 Å². The van der Waals surface area contributed by atoms with Gasteiger partial charge in [0.2, 0.25) is 0 Å². The maximum Gasteiger partial charge on any atom is 0.0584 e. The molecule has 0 aromatic carbocycles. The van der Waals surface area contributed by atoms with Crippen LogP contribution in [0.15, 0.2) is 0 Å². The van der Waals surface area contributed by atoms with Gasteiger partial charge in [0.15, 0.2) is 0 Å². The topological polar surface area (TPSA) is 81.5 Å². The van der Waals surface area contributed by atoms with Crippen LogP contribution < -0.4 is 11.5 Å². The van der Waals surface area contributed by atoms with Crippen LogP contribution in [0.25, 0.3) is 0 Å². The molecule has 5 N–H and O–H groups in total. The Balaban J connectivity index is 0. The van der Waals surface area contributed by atoms with E-state index in [2.05, 4.69) is 4.74 Å². The summed E-state index contributed by atoms with van der Waals surface area (Å²) >= 11 is 0. The Bertz CT molecular complexity index is 32.1. The van der Waals surface area contributed by atoms with Crippen LogP contribution in [0.2, 0.25) is 0 Å². The molecular weight excluding hydrogens is 120 g/mol. The lowest BCUT2D eigenvalue weighted by Crippen LogP contribution is -2.05. The van der Waals surface area contributed by atoms with Crippen LogP contribution in [0, 0.1) is 0 Å². The first-order chi connectivity index (χ1) is 4.33. The van der Waals surface area contributed by atoms with Crippen LogP contribution >= 0.6 is 0 Å². The molecule has 4 nitrogen and oxygen atoms in total. The summed E-state index contributed by atoms with van der Waals surface area (Å²) in [4.78, 5) is 0. The molecule has 0 heterocycles. The molecule has 0 bridgehead atoms. The molecule has 4 heteroatoms. The molecule has 0 aliphatic heterocycles. The maximum absolute atomic E-state index is 7.75. The third-order valence-corrected chi connectivity index (χ3v) is 0.451. The van der Waals surface area contributed by atoms with Crippen LogP contribution in [0.1, 0.15) is 0 Å². The number of aliphatic hydroxyl groups excluding tert-OH is 1. The van der Waals surface area contributed by atoms with Crippen LogP contribution in [-0.2, 0) is 4.74 Å². The molecule has 0 spiro atoms. The van der Waals surface area contributed by atoms with Gasteiger partial charge in [-0.25, -0.2) is 0 Å². The molecule has 0 rings (SSSR count). The molecule has 0 atom stereocenters. The van der Waals surface area contributed by atoms with E-state index in [1.165, 1.54) is 0 Å². The molecule has 0 aliphatic rings. The Kier molecular flexibility index (Phi) is 20.2. The summed E-state index contributed by atoms with van der Waals surface area (Å²) in [6, 6.07) is 0. The van der Waals surface area contributed by atoms with Gasteiger partial charge >= 0.3 is 0 Å². The first-order valence-corrected chi connectivity index (χ1v) is 2.83. The highest BCUT2D eigenvalue weighted by Gasteiger charge is 1.65. The Morgan fingerprint density at radius 3 is 1.78 bits per heavy atom. The van der Waals surface area contributed by atoms with Crippen LogP contribution in [0.4, 0.5) is 0 Å². The van der Waals surface area contributed by atoms with Crippen molar-refractivity contribution >= 4 is 0 Å². The standard InChI is InChI=1S/C3H9NO.C2H7NO/c1-5-3-2-4;3-1-2-4/h2-4H2,1H3;4H,1-3H2. The quantitative estimate of drug-likeness (QED) is 0.442. The summed E-state index contributed by atoms with van der Waals surface area (Å²) in [6.45, 7) is 1.76. The minimum Gasteiger partial charge on any atom is -0.395 e. The van der Waals surface area contributed by atoms with E-state index in [0.29, 0.717) is 19.7 Å². The zero-order chi connectivity index (χ0) is 7.54. The highest BCUT2D eigenvalue weighted by Crippen LogP contribution is 1.53. The summed E-state index contributed by atoms with van der Waals surface area (Å²) < 4.78 is 4.57.